The summed E-state index contributed by atoms with van der Waals surface area (Å²) in [5, 5.41) is 28.4. The van der Waals surface area contributed by atoms with Crippen LogP contribution in [0.4, 0.5) is 10.5 Å². The first-order valence-corrected chi connectivity index (χ1v) is 14.3. The van der Waals surface area contributed by atoms with Gasteiger partial charge in [-0.05, 0) is 18.2 Å². The number of nitrogens with one attached hydrogen (secondary N) is 3. The predicted molar refractivity (Wildman–Crippen MR) is 150 cm³/mol. The van der Waals surface area contributed by atoms with E-state index < -0.39 is 39.3 Å². The molecule has 4 rings (SSSR count). The molecule has 0 saturated heterocycles. The lowest BCUT2D eigenvalue weighted by molar-refractivity contribution is 0.0941. The minimum Gasteiger partial charge on any atom is -0.501 e. The van der Waals surface area contributed by atoms with Gasteiger partial charge >= 0.3 is 6.03 Å². The first-order chi connectivity index (χ1) is 19.6. The van der Waals surface area contributed by atoms with E-state index in [9.17, 15) is 28.2 Å². The molecule has 5 N–H and O–H groups in total. The molecule has 16 heteroatoms. The molecule has 41 heavy (non-hydrogen) atoms. The maximum absolute atomic E-state index is 12.9. The number of hydrogen-bond donors (Lipinski definition) is 5. The van der Waals surface area contributed by atoms with Gasteiger partial charge in [0.05, 0.1) is 30.5 Å². The molecule has 13 nitrogen and oxygen atoms in total. The third-order valence-electron chi connectivity index (χ3n) is 5.51. The minimum absolute atomic E-state index is 0.0376. The Morgan fingerprint density at radius 2 is 1.78 bits per heavy atom. The van der Waals surface area contributed by atoms with Gasteiger partial charge in [0.1, 0.15) is 4.90 Å². The zero-order valence-electron chi connectivity index (χ0n) is 21.3. The van der Waals surface area contributed by atoms with E-state index in [0.717, 1.165) is 11.3 Å². The molecule has 0 saturated carbocycles. The fourth-order valence-electron chi connectivity index (χ4n) is 3.63. The Kier molecular flexibility index (Phi) is 8.80. The number of amides is 3. The lowest BCUT2D eigenvalue weighted by Crippen LogP contribution is -2.34. The Balaban J connectivity index is 1.55. The zero-order valence-corrected chi connectivity index (χ0v) is 23.7. The van der Waals surface area contributed by atoms with Crippen LogP contribution in [0.2, 0.25) is 5.02 Å². The first kappa shape index (κ1) is 29.4. The van der Waals surface area contributed by atoms with Crippen LogP contribution >= 0.6 is 22.9 Å². The number of methoxy groups -OCH3 is 2. The van der Waals surface area contributed by atoms with Crippen LogP contribution in [0.5, 0.6) is 23.1 Å². The highest BCUT2D eigenvalue weighted by molar-refractivity contribution is 7.90. The van der Waals surface area contributed by atoms with Crippen LogP contribution in [0.3, 0.4) is 0 Å². The number of benzene rings is 2. The second-order valence-corrected chi connectivity index (χ2v) is 10.9. The van der Waals surface area contributed by atoms with E-state index in [2.05, 4.69) is 20.6 Å². The van der Waals surface area contributed by atoms with Crippen molar-refractivity contribution in [1.82, 2.24) is 20.0 Å². The van der Waals surface area contributed by atoms with E-state index in [4.69, 9.17) is 21.1 Å². The normalized spacial score (nSPS) is 11.0. The van der Waals surface area contributed by atoms with Crippen molar-refractivity contribution in [2.24, 2.45) is 0 Å². The maximum Gasteiger partial charge on any atom is 0.333 e. The quantitative estimate of drug-likeness (QED) is 0.185. The summed E-state index contributed by atoms with van der Waals surface area (Å²) in [5.74, 6) is -1.98. The van der Waals surface area contributed by atoms with Gasteiger partial charge in [-0.25, -0.2) is 22.9 Å². The average Bonchev–Trinajstić information content (AvgIpc) is 3.40. The van der Waals surface area contributed by atoms with Gasteiger partial charge in [-0.15, -0.1) is 11.3 Å². The topological polar surface area (TPSA) is 189 Å². The molecule has 3 amide bonds. The molecule has 0 aliphatic carbocycles. The summed E-state index contributed by atoms with van der Waals surface area (Å²) in [6.45, 7) is -0.0376. The molecule has 0 fully saturated rings. The molecule has 0 bridgehead atoms. The molecular weight excluding hydrogens is 598 g/mol. The summed E-state index contributed by atoms with van der Waals surface area (Å²) >= 11 is 7.04. The van der Waals surface area contributed by atoms with Crippen molar-refractivity contribution >= 4 is 50.6 Å². The molecule has 2 aromatic heterocycles. The molecule has 0 radical (unpaired) electrons. The lowest BCUT2D eigenvalue weighted by atomic mass is 10.1. The van der Waals surface area contributed by atoms with Gasteiger partial charge in [0.25, 0.3) is 21.8 Å². The number of rotatable bonds is 9. The lowest BCUT2D eigenvalue weighted by Gasteiger charge is -2.14. The van der Waals surface area contributed by atoms with Crippen molar-refractivity contribution in [3.05, 3.63) is 69.5 Å². The Morgan fingerprint density at radius 3 is 2.49 bits per heavy atom. The van der Waals surface area contributed by atoms with E-state index in [1.165, 1.54) is 49.2 Å². The van der Waals surface area contributed by atoms with E-state index >= 15 is 0 Å². The second-order valence-electron chi connectivity index (χ2n) is 8.09. The molecule has 0 aliphatic heterocycles. The number of aromatic nitrogens is 2. The molecule has 0 spiro atoms. The van der Waals surface area contributed by atoms with Gasteiger partial charge in [-0.2, -0.15) is 4.98 Å². The van der Waals surface area contributed by atoms with Crippen LogP contribution in [0.25, 0.3) is 11.4 Å². The van der Waals surface area contributed by atoms with Gasteiger partial charge in [0.15, 0.2) is 23.0 Å². The number of anilines is 1. The molecule has 2 aromatic carbocycles. The number of ether oxygens (including phenoxy) is 2. The number of carbonyl (C=O) groups is 2. The van der Waals surface area contributed by atoms with Crippen LogP contribution in [0, 0.1) is 0 Å². The number of nitrogens with zero attached hydrogens (tertiary/aromatic N) is 2. The number of thiophene rings is 1. The van der Waals surface area contributed by atoms with Crippen molar-refractivity contribution in [3.63, 3.8) is 0 Å². The number of para-hydroxylation sites is 1. The van der Waals surface area contributed by atoms with Crippen molar-refractivity contribution in [2.75, 3.05) is 19.5 Å². The van der Waals surface area contributed by atoms with E-state index in [-0.39, 0.29) is 33.5 Å². The smallest absolute Gasteiger partial charge is 0.333 e. The van der Waals surface area contributed by atoms with E-state index in [1.54, 1.807) is 18.2 Å². The third-order valence-corrected chi connectivity index (χ3v) is 8.08. The molecule has 2 heterocycles. The van der Waals surface area contributed by atoms with Crippen molar-refractivity contribution in [1.29, 1.82) is 0 Å². The largest absolute Gasteiger partial charge is 0.501 e. The standard InChI is InChI=1S/C25H22ClN5O8S2/c1-38-17-8-5-6-13(21(17)39-2)10-27-23(33)19-20(32)24(34)30-22(29-19)14-11-40-12-16(14)28-25(35)31-41(36,37)18-9-4-3-7-15(18)26/h3-9,11-12,32H,10H2,1-2H3,(H,27,33)(H2,28,31,35)(H,29,30,34). The van der Waals surface area contributed by atoms with Crippen LogP contribution in [0.1, 0.15) is 16.1 Å². The number of halogens is 1. The molecule has 4 aromatic rings. The molecule has 214 valence electrons. The van der Waals surface area contributed by atoms with Crippen molar-refractivity contribution in [2.45, 2.75) is 11.4 Å². The average molecular weight is 620 g/mol. The highest BCUT2D eigenvalue weighted by atomic mass is 35.5. The number of carbonyl (C=O) groups excluding carboxylic acids is 2. The fraction of sp³-hybridized carbons (Fsp3) is 0.120. The highest BCUT2D eigenvalue weighted by Gasteiger charge is 2.24. The van der Waals surface area contributed by atoms with E-state index in [0.29, 0.717) is 17.1 Å². The number of urea groups is 1. The summed E-state index contributed by atoms with van der Waals surface area (Å²) < 4.78 is 37.6. The minimum atomic E-state index is -4.30. The van der Waals surface area contributed by atoms with Gasteiger partial charge < -0.3 is 30.3 Å². The maximum atomic E-state index is 12.9. The molecule has 0 aliphatic rings. The SMILES string of the molecule is COc1cccc(CNC(=O)c2nc(-c3cscc3NC(=O)NS(=O)(=O)c3ccccc3Cl)nc(O)c2O)c1OC. The summed E-state index contributed by atoms with van der Waals surface area (Å²) in [4.78, 5) is 33.1. The molecule has 0 unspecified atom stereocenters. The van der Waals surface area contributed by atoms with Gasteiger partial charge in [0, 0.05) is 22.9 Å². The van der Waals surface area contributed by atoms with Crippen LogP contribution in [-0.4, -0.2) is 54.8 Å². The Labute approximate surface area is 242 Å². The Hall–Kier alpha value is -4.60. The van der Waals surface area contributed by atoms with E-state index in [1.807, 2.05) is 4.72 Å². The monoisotopic (exact) mass is 619 g/mol. The van der Waals surface area contributed by atoms with Crippen molar-refractivity contribution < 1.29 is 37.7 Å². The number of sulfonamides is 1. The number of aromatic hydroxyl groups is 2. The first-order valence-electron chi connectivity index (χ1n) is 11.5. The van der Waals surface area contributed by atoms with Gasteiger partial charge in [0.2, 0.25) is 5.75 Å². The van der Waals surface area contributed by atoms with Crippen LogP contribution < -0.4 is 24.8 Å². The fourth-order valence-corrected chi connectivity index (χ4v) is 5.81. The number of hydrogen-bond acceptors (Lipinski definition) is 11. The summed E-state index contributed by atoms with van der Waals surface area (Å²) in [5.41, 5.74) is 0.232. The van der Waals surface area contributed by atoms with Crippen LogP contribution in [0.15, 0.2) is 58.1 Å². The van der Waals surface area contributed by atoms with Crippen molar-refractivity contribution in [3.8, 4) is 34.5 Å². The van der Waals surface area contributed by atoms with Gasteiger partial charge in [-0.3, -0.25) is 4.79 Å². The third kappa shape index (κ3) is 6.42. The zero-order chi connectivity index (χ0) is 29.7. The molecular formula is C25H22ClN5O8S2. The summed E-state index contributed by atoms with van der Waals surface area (Å²) in [7, 11) is -1.39. The summed E-state index contributed by atoms with van der Waals surface area (Å²) in [6.07, 6.45) is 0. The van der Waals surface area contributed by atoms with Crippen LogP contribution in [-0.2, 0) is 16.6 Å². The van der Waals surface area contributed by atoms with Gasteiger partial charge in [-0.1, -0.05) is 35.9 Å². The Bertz CT molecular complexity index is 1730. The second kappa shape index (κ2) is 12.3. The molecule has 0 atom stereocenters. The Morgan fingerprint density at radius 1 is 1.02 bits per heavy atom. The highest BCUT2D eigenvalue weighted by Crippen LogP contribution is 2.35. The predicted octanol–water partition coefficient (Wildman–Crippen LogP) is 3.73. The summed E-state index contributed by atoms with van der Waals surface area (Å²) in [6, 6.07) is 9.56.